The quantitative estimate of drug-likeness (QED) is 0.278. The lowest BCUT2D eigenvalue weighted by Crippen LogP contribution is -2.49. The number of anilines is 1. The molecule has 1 aliphatic rings. The number of nitrogens with two attached hydrogens (primary N) is 1. The predicted octanol–water partition coefficient (Wildman–Crippen LogP) is 3.35. The summed E-state index contributed by atoms with van der Waals surface area (Å²) in [6.45, 7) is 3.25. The number of hydrogen-bond acceptors (Lipinski definition) is 6. The number of rotatable bonds is 8. The van der Waals surface area contributed by atoms with E-state index in [0.717, 1.165) is 22.2 Å². The molecule has 8 nitrogen and oxygen atoms in total. The van der Waals surface area contributed by atoms with Crippen LogP contribution in [0.25, 0.3) is 0 Å². The average molecular weight is 504 g/mol. The molecule has 3 aromatic rings. The number of nitrogen functional groups attached to an aromatic ring is 1. The Labute approximate surface area is 214 Å². The van der Waals surface area contributed by atoms with Gasteiger partial charge >= 0.3 is 0 Å². The third-order valence-corrected chi connectivity index (χ3v) is 7.45. The molecule has 5 N–H and O–H groups in total. The van der Waals surface area contributed by atoms with Gasteiger partial charge < -0.3 is 26.7 Å². The average Bonchev–Trinajstić information content (AvgIpc) is 3.34. The summed E-state index contributed by atoms with van der Waals surface area (Å²) >= 11 is 1.47. The van der Waals surface area contributed by atoms with E-state index in [0.29, 0.717) is 54.2 Å². The Morgan fingerprint density at radius 2 is 1.92 bits per heavy atom. The zero-order valence-electron chi connectivity index (χ0n) is 20.0. The maximum Gasteiger partial charge on any atom is 0.261 e. The number of carbonyl (C=O) groups is 3. The van der Waals surface area contributed by atoms with Crippen LogP contribution in [-0.4, -0.2) is 41.4 Å². The van der Waals surface area contributed by atoms with E-state index in [1.807, 2.05) is 43.3 Å². The zero-order chi connectivity index (χ0) is 25.7. The molecule has 0 unspecified atom stereocenters. The molecule has 2 heterocycles. The summed E-state index contributed by atoms with van der Waals surface area (Å²) in [7, 11) is 0. The molecule has 1 atom stereocenters. The van der Waals surface area contributed by atoms with E-state index in [1.165, 1.54) is 17.4 Å². The smallest absolute Gasteiger partial charge is 0.261 e. The number of amides is 3. The number of benzene rings is 2. The first-order valence-electron chi connectivity index (χ1n) is 11.8. The summed E-state index contributed by atoms with van der Waals surface area (Å²) in [5.74, 6) is -0.660. The fourth-order valence-corrected chi connectivity index (χ4v) is 5.22. The van der Waals surface area contributed by atoms with Crippen LogP contribution in [0.1, 0.15) is 54.9 Å². The number of carbonyl (C=O) groups excluding carboxylic acids is 3. The number of nitrogens with zero attached hydrogens (tertiary/aromatic N) is 1. The highest BCUT2D eigenvalue weighted by molar-refractivity contribution is 7.14. The molecule has 0 saturated carbocycles. The van der Waals surface area contributed by atoms with Crippen molar-refractivity contribution in [2.24, 2.45) is 0 Å². The van der Waals surface area contributed by atoms with Crippen molar-refractivity contribution >= 4 is 41.0 Å². The molecule has 36 heavy (non-hydrogen) atoms. The minimum atomic E-state index is -0.674. The van der Waals surface area contributed by atoms with E-state index >= 15 is 0 Å². The van der Waals surface area contributed by atoms with Gasteiger partial charge in [-0.25, -0.2) is 0 Å². The second kappa shape index (κ2) is 11.2. The van der Waals surface area contributed by atoms with Crippen LogP contribution in [0.5, 0.6) is 0 Å². The van der Waals surface area contributed by atoms with Gasteiger partial charge in [-0.05, 0) is 48.2 Å². The van der Waals surface area contributed by atoms with Gasteiger partial charge in [0.15, 0.2) is 0 Å². The van der Waals surface area contributed by atoms with Gasteiger partial charge in [-0.15, -0.1) is 11.3 Å². The highest BCUT2D eigenvalue weighted by atomic mass is 32.1. The van der Waals surface area contributed by atoms with Gasteiger partial charge in [0.1, 0.15) is 6.04 Å². The van der Waals surface area contributed by atoms with E-state index in [9.17, 15) is 14.4 Å². The van der Waals surface area contributed by atoms with E-state index in [4.69, 9.17) is 11.1 Å². The molecular weight excluding hydrogens is 474 g/mol. The molecule has 0 spiro atoms. The molecule has 0 saturated heterocycles. The van der Waals surface area contributed by atoms with Crippen molar-refractivity contribution in [1.29, 1.82) is 5.41 Å². The zero-order valence-corrected chi connectivity index (χ0v) is 20.9. The fourth-order valence-electron chi connectivity index (χ4n) is 4.14. The molecule has 186 valence electrons. The van der Waals surface area contributed by atoms with Crippen LogP contribution in [-0.2, 0) is 24.3 Å². The molecule has 9 heteroatoms. The first kappa shape index (κ1) is 25.1. The second-order valence-electron chi connectivity index (χ2n) is 8.66. The first-order chi connectivity index (χ1) is 17.4. The van der Waals surface area contributed by atoms with Crippen LogP contribution in [0, 0.1) is 5.41 Å². The lowest BCUT2D eigenvalue weighted by atomic mass is 10.1. The Hall–Kier alpha value is -3.98. The molecule has 1 aliphatic heterocycles. The van der Waals surface area contributed by atoms with Crippen LogP contribution < -0.4 is 16.4 Å². The molecule has 4 rings (SSSR count). The van der Waals surface area contributed by atoms with Gasteiger partial charge in [0, 0.05) is 47.5 Å². The molecule has 0 bridgehead atoms. The van der Waals surface area contributed by atoms with Gasteiger partial charge in [-0.3, -0.25) is 14.4 Å². The Bertz CT molecular complexity index is 1290. The lowest BCUT2D eigenvalue weighted by molar-refractivity contribution is -0.134. The Morgan fingerprint density at radius 1 is 1.14 bits per heavy atom. The molecule has 1 aromatic heterocycles. The molecular formula is C27H29N5O3S. The van der Waals surface area contributed by atoms with Crippen LogP contribution in [0.15, 0.2) is 54.6 Å². The molecule has 0 aliphatic carbocycles. The third kappa shape index (κ3) is 5.63. The molecule has 0 fully saturated rings. The maximum atomic E-state index is 13.3. The number of thiophene rings is 1. The molecule has 3 amide bonds. The van der Waals surface area contributed by atoms with Gasteiger partial charge in [0.2, 0.25) is 5.91 Å². The number of fused-ring (bicyclic) bond motifs is 1. The van der Waals surface area contributed by atoms with Gasteiger partial charge in [0.25, 0.3) is 11.8 Å². The van der Waals surface area contributed by atoms with Gasteiger partial charge in [-0.1, -0.05) is 37.3 Å². The third-order valence-electron chi connectivity index (χ3n) is 6.21. The van der Waals surface area contributed by atoms with Crippen molar-refractivity contribution in [3.05, 3.63) is 86.6 Å². The summed E-state index contributed by atoms with van der Waals surface area (Å²) in [5.41, 5.74) is 9.02. The molecule has 2 aromatic carbocycles. The van der Waals surface area contributed by atoms with Crippen molar-refractivity contribution in [2.45, 2.75) is 38.9 Å². The second-order valence-corrected chi connectivity index (χ2v) is 9.80. The summed E-state index contributed by atoms with van der Waals surface area (Å²) in [6.07, 6.45) is 2.21. The van der Waals surface area contributed by atoms with E-state index in [-0.39, 0.29) is 17.7 Å². The topological polar surface area (TPSA) is 128 Å². The summed E-state index contributed by atoms with van der Waals surface area (Å²) in [4.78, 5) is 42.2. The Kier molecular flexibility index (Phi) is 7.80. The van der Waals surface area contributed by atoms with E-state index in [1.54, 1.807) is 17.0 Å². The van der Waals surface area contributed by atoms with Crippen LogP contribution in [0.2, 0.25) is 0 Å². The Balaban J connectivity index is 1.38. The standard InChI is InChI=1S/C27H29N5O3S/c1-2-22(31-25(33)18-8-9-21(29)19(12-18)14-28)27(35)32-11-10-23-20(16-32)13-24(36-23)26(34)30-15-17-6-4-3-5-7-17/h3-9,12-14,22,28H,2,10-11,15-16,29H2,1H3,(H,30,34)(H,31,33)/t22-/m1/s1. The monoisotopic (exact) mass is 503 g/mol. The minimum absolute atomic E-state index is 0.123. The van der Waals surface area contributed by atoms with Crippen LogP contribution in [0.4, 0.5) is 5.69 Å². The SMILES string of the molecule is CC[C@@H](NC(=O)c1ccc(N)c(C=N)c1)C(=O)N1CCc2sc(C(=O)NCc3ccccc3)cc2C1. The van der Waals surface area contributed by atoms with Crippen LogP contribution in [0.3, 0.4) is 0 Å². The summed E-state index contributed by atoms with van der Waals surface area (Å²) in [5, 5.41) is 13.2. The van der Waals surface area contributed by atoms with Crippen molar-refractivity contribution in [2.75, 3.05) is 12.3 Å². The Morgan fingerprint density at radius 3 is 2.64 bits per heavy atom. The maximum absolute atomic E-state index is 13.3. The van der Waals surface area contributed by atoms with E-state index in [2.05, 4.69) is 10.6 Å². The van der Waals surface area contributed by atoms with Crippen molar-refractivity contribution in [3.8, 4) is 0 Å². The number of nitrogens with one attached hydrogen (secondary N) is 3. The highest BCUT2D eigenvalue weighted by Crippen LogP contribution is 2.29. The predicted molar refractivity (Wildman–Crippen MR) is 141 cm³/mol. The van der Waals surface area contributed by atoms with Crippen molar-refractivity contribution in [3.63, 3.8) is 0 Å². The normalized spacial score (nSPS) is 13.4. The first-order valence-corrected chi connectivity index (χ1v) is 12.6. The minimum Gasteiger partial charge on any atom is -0.398 e. The summed E-state index contributed by atoms with van der Waals surface area (Å²) in [6, 6.07) is 15.6. The highest BCUT2D eigenvalue weighted by Gasteiger charge is 2.29. The van der Waals surface area contributed by atoms with E-state index < -0.39 is 6.04 Å². The van der Waals surface area contributed by atoms with Crippen molar-refractivity contribution < 1.29 is 14.4 Å². The van der Waals surface area contributed by atoms with Gasteiger partial charge in [-0.2, -0.15) is 0 Å². The molecule has 0 radical (unpaired) electrons. The largest absolute Gasteiger partial charge is 0.398 e. The van der Waals surface area contributed by atoms with Gasteiger partial charge in [0.05, 0.1) is 4.88 Å². The number of hydrogen-bond donors (Lipinski definition) is 4. The lowest BCUT2D eigenvalue weighted by Gasteiger charge is -2.30. The van der Waals surface area contributed by atoms with Crippen LogP contribution >= 0.6 is 11.3 Å². The summed E-state index contributed by atoms with van der Waals surface area (Å²) < 4.78 is 0. The van der Waals surface area contributed by atoms with Crippen molar-refractivity contribution in [1.82, 2.24) is 15.5 Å². The fraction of sp³-hybridized carbons (Fsp3) is 0.259.